The highest BCUT2D eigenvalue weighted by molar-refractivity contribution is 7.89. The molecule has 1 aliphatic rings. The van der Waals surface area contributed by atoms with Crippen LogP contribution < -0.4 is 10.5 Å². The van der Waals surface area contributed by atoms with Crippen molar-refractivity contribution < 1.29 is 13.2 Å². The first-order valence-electron chi connectivity index (χ1n) is 4.75. The van der Waals surface area contributed by atoms with E-state index in [1.807, 2.05) is 0 Å². The van der Waals surface area contributed by atoms with Crippen LogP contribution in [-0.4, -0.2) is 32.4 Å². The van der Waals surface area contributed by atoms with Crippen molar-refractivity contribution in [2.75, 3.05) is 18.1 Å². The molecule has 15 heavy (non-hydrogen) atoms. The van der Waals surface area contributed by atoms with Crippen molar-refractivity contribution in [1.82, 2.24) is 5.32 Å². The molecule has 7 heteroatoms. The highest BCUT2D eigenvalue weighted by Crippen LogP contribution is 2.49. The molecule has 0 bridgehead atoms. The number of rotatable bonds is 6. The van der Waals surface area contributed by atoms with Crippen LogP contribution in [0.4, 0.5) is 0 Å². The summed E-state index contributed by atoms with van der Waals surface area (Å²) >= 11 is 4.18. The SMILES string of the molecule is NS(=O)(=O)CCNC(=O)CC1(CS)CC1. The van der Waals surface area contributed by atoms with Gasteiger partial charge in [-0.1, -0.05) is 0 Å². The molecule has 0 radical (unpaired) electrons. The molecule has 0 aromatic rings. The third-order valence-electron chi connectivity index (χ3n) is 2.54. The minimum atomic E-state index is -3.48. The minimum Gasteiger partial charge on any atom is -0.355 e. The van der Waals surface area contributed by atoms with Crippen molar-refractivity contribution in [1.29, 1.82) is 0 Å². The number of hydrogen-bond donors (Lipinski definition) is 3. The van der Waals surface area contributed by atoms with Crippen LogP contribution in [0, 0.1) is 5.41 Å². The van der Waals surface area contributed by atoms with E-state index in [9.17, 15) is 13.2 Å². The molecule has 1 fully saturated rings. The van der Waals surface area contributed by atoms with Crippen LogP contribution in [0.25, 0.3) is 0 Å². The third kappa shape index (κ3) is 4.85. The van der Waals surface area contributed by atoms with Crippen molar-refractivity contribution in [2.24, 2.45) is 10.6 Å². The molecule has 3 N–H and O–H groups in total. The van der Waals surface area contributed by atoms with Crippen molar-refractivity contribution in [3.8, 4) is 0 Å². The maximum atomic E-state index is 11.4. The van der Waals surface area contributed by atoms with Gasteiger partial charge in [0, 0.05) is 13.0 Å². The molecule has 1 amide bonds. The number of primary sulfonamides is 1. The lowest BCUT2D eigenvalue weighted by atomic mass is 10.1. The van der Waals surface area contributed by atoms with Crippen molar-refractivity contribution >= 4 is 28.6 Å². The van der Waals surface area contributed by atoms with E-state index in [1.54, 1.807) is 0 Å². The summed E-state index contributed by atoms with van der Waals surface area (Å²) in [6.07, 6.45) is 2.49. The quantitative estimate of drug-likeness (QED) is 0.556. The maximum absolute atomic E-state index is 11.4. The molecule has 0 aliphatic heterocycles. The summed E-state index contributed by atoms with van der Waals surface area (Å²) in [5, 5.41) is 7.33. The Kier molecular flexibility index (Phi) is 4.02. The zero-order valence-electron chi connectivity index (χ0n) is 8.40. The molecule has 0 unspecified atom stereocenters. The summed E-state index contributed by atoms with van der Waals surface area (Å²) in [5.41, 5.74) is 0.0643. The zero-order chi connectivity index (χ0) is 11.5. The van der Waals surface area contributed by atoms with Crippen molar-refractivity contribution in [3.63, 3.8) is 0 Å². The second kappa shape index (κ2) is 4.71. The van der Waals surface area contributed by atoms with E-state index in [1.165, 1.54) is 0 Å². The Hall–Kier alpha value is -0.270. The fourth-order valence-electron chi connectivity index (χ4n) is 1.30. The monoisotopic (exact) mass is 252 g/mol. The molecule has 88 valence electrons. The molecule has 0 spiro atoms. The Morgan fingerprint density at radius 1 is 1.47 bits per heavy atom. The highest BCUT2D eigenvalue weighted by atomic mass is 32.2. The smallest absolute Gasteiger partial charge is 0.220 e. The van der Waals surface area contributed by atoms with Crippen LogP contribution in [0.1, 0.15) is 19.3 Å². The van der Waals surface area contributed by atoms with E-state index in [0.717, 1.165) is 12.8 Å². The predicted molar refractivity (Wildman–Crippen MR) is 61.1 cm³/mol. The van der Waals surface area contributed by atoms with Crippen LogP contribution in [0.2, 0.25) is 0 Å². The zero-order valence-corrected chi connectivity index (χ0v) is 10.1. The van der Waals surface area contributed by atoms with Gasteiger partial charge in [-0.05, 0) is 24.0 Å². The molecule has 1 aliphatic carbocycles. The van der Waals surface area contributed by atoms with E-state index in [-0.39, 0.29) is 23.6 Å². The summed E-state index contributed by atoms with van der Waals surface area (Å²) < 4.78 is 21.2. The van der Waals surface area contributed by atoms with E-state index in [2.05, 4.69) is 17.9 Å². The number of carbonyl (C=O) groups excluding carboxylic acids is 1. The van der Waals surface area contributed by atoms with E-state index in [4.69, 9.17) is 5.14 Å². The Morgan fingerprint density at radius 2 is 2.07 bits per heavy atom. The fraction of sp³-hybridized carbons (Fsp3) is 0.875. The molecule has 0 atom stereocenters. The summed E-state index contributed by atoms with van der Waals surface area (Å²) in [7, 11) is -3.48. The van der Waals surface area contributed by atoms with Crippen LogP contribution in [-0.2, 0) is 14.8 Å². The summed E-state index contributed by atoms with van der Waals surface area (Å²) in [6, 6.07) is 0. The molecular formula is C8H16N2O3S2. The Labute approximate surface area is 95.3 Å². The second-order valence-corrected chi connectivity index (χ2v) is 6.10. The molecule has 1 rings (SSSR count). The largest absolute Gasteiger partial charge is 0.355 e. The summed E-state index contributed by atoms with van der Waals surface area (Å²) in [5.74, 6) is 0.368. The molecule has 0 heterocycles. The molecule has 0 aromatic heterocycles. The van der Waals surface area contributed by atoms with E-state index >= 15 is 0 Å². The molecule has 1 saturated carbocycles. The average Bonchev–Trinajstić information content (AvgIpc) is 2.83. The lowest BCUT2D eigenvalue weighted by molar-refractivity contribution is -0.121. The number of amides is 1. The molecular weight excluding hydrogens is 236 g/mol. The minimum absolute atomic E-state index is 0.0643. The van der Waals surface area contributed by atoms with Gasteiger partial charge in [-0.25, -0.2) is 13.6 Å². The normalized spacial score (nSPS) is 18.5. The van der Waals surface area contributed by atoms with Gasteiger partial charge in [0.2, 0.25) is 15.9 Å². The van der Waals surface area contributed by atoms with Gasteiger partial charge in [-0.3, -0.25) is 4.79 Å². The first kappa shape index (κ1) is 12.8. The average molecular weight is 252 g/mol. The number of nitrogens with one attached hydrogen (secondary N) is 1. The highest BCUT2D eigenvalue weighted by Gasteiger charge is 2.42. The maximum Gasteiger partial charge on any atom is 0.220 e. The second-order valence-electron chi connectivity index (χ2n) is 4.05. The topological polar surface area (TPSA) is 89.3 Å². The lowest BCUT2D eigenvalue weighted by Gasteiger charge is -2.11. The number of thiol groups is 1. The number of hydrogen-bond acceptors (Lipinski definition) is 4. The van der Waals surface area contributed by atoms with Crippen LogP contribution in [0.15, 0.2) is 0 Å². The predicted octanol–water partition coefficient (Wildman–Crippen LogP) is -0.509. The van der Waals surface area contributed by atoms with Gasteiger partial charge in [-0.15, -0.1) is 0 Å². The van der Waals surface area contributed by atoms with Crippen LogP contribution in [0.3, 0.4) is 0 Å². The van der Waals surface area contributed by atoms with Crippen LogP contribution in [0.5, 0.6) is 0 Å². The Morgan fingerprint density at radius 3 is 2.47 bits per heavy atom. The number of sulfonamides is 1. The molecule has 5 nitrogen and oxygen atoms in total. The first-order valence-corrected chi connectivity index (χ1v) is 7.10. The van der Waals surface area contributed by atoms with E-state index < -0.39 is 10.0 Å². The summed E-state index contributed by atoms with van der Waals surface area (Å²) in [4.78, 5) is 11.4. The molecule has 0 saturated heterocycles. The Bertz CT molecular complexity index is 336. The van der Waals surface area contributed by atoms with Gasteiger partial charge < -0.3 is 5.32 Å². The van der Waals surface area contributed by atoms with Crippen LogP contribution >= 0.6 is 12.6 Å². The van der Waals surface area contributed by atoms with Gasteiger partial charge in [0.05, 0.1) is 5.75 Å². The third-order valence-corrected chi connectivity index (χ3v) is 3.98. The Balaban J connectivity index is 2.20. The lowest BCUT2D eigenvalue weighted by Crippen LogP contribution is -2.32. The first-order chi connectivity index (χ1) is 6.87. The summed E-state index contributed by atoms with van der Waals surface area (Å²) in [6.45, 7) is 0.0836. The van der Waals surface area contributed by atoms with Crippen molar-refractivity contribution in [2.45, 2.75) is 19.3 Å². The van der Waals surface area contributed by atoms with E-state index in [0.29, 0.717) is 12.2 Å². The van der Waals surface area contributed by atoms with Gasteiger partial charge in [0.1, 0.15) is 0 Å². The number of nitrogens with two attached hydrogens (primary N) is 1. The van der Waals surface area contributed by atoms with Gasteiger partial charge in [0.15, 0.2) is 0 Å². The van der Waals surface area contributed by atoms with Gasteiger partial charge in [-0.2, -0.15) is 12.6 Å². The van der Waals surface area contributed by atoms with Crippen molar-refractivity contribution in [3.05, 3.63) is 0 Å². The fourth-order valence-corrected chi connectivity index (χ4v) is 2.12. The standard InChI is InChI=1S/C8H16N2O3S2/c9-15(12,13)4-3-10-7(11)5-8(6-14)1-2-8/h14H,1-6H2,(H,10,11)(H2,9,12,13). The van der Waals surface area contributed by atoms with Gasteiger partial charge >= 0.3 is 0 Å². The molecule has 0 aromatic carbocycles. The van der Waals surface area contributed by atoms with Gasteiger partial charge in [0.25, 0.3) is 0 Å². The number of carbonyl (C=O) groups is 1.